The fourth-order valence-corrected chi connectivity index (χ4v) is 6.01. The zero-order valence-corrected chi connectivity index (χ0v) is 22.3. The van der Waals surface area contributed by atoms with Crippen LogP contribution in [0.1, 0.15) is 27.7 Å². The average Bonchev–Trinajstić information content (AvgIpc) is 3.60. The lowest BCUT2D eigenvalue weighted by atomic mass is 10.0. The molecule has 0 radical (unpaired) electrons. The molecule has 0 atom stereocenters. The van der Waals surface area contributed by atoms with Crippen molar-refractivity contribution in [1.29, 1.82) is 0 Å². The summed E-state index contributed by atoms with van der Waals surface area (Å²) >= 11 is 1.69. The number of carbonyl (C=O) groups excluding carboxylic acids is 1. The molecule has 0 unspecified atom stereocenters. The fourth-order valence-electron chi connectivity index (χ4n) is 4.85. The lowest BCUT2D eigenvalue weighted by Crippen LogP contribution is -2.36. The molecule has 4 aromatic rings. The van der Waals surface area contributed by atoms with Crippen molar-refractivity contribution >= 4 is 45.0 Å². The monoisotopic (exact) mass is 531 g/mol. The normalized spacial score (nSPS) is 14.8. The van der Waals surface area contributed by atoms with E-state index < -0.39 is 5.97 Å². The van der Waals surface area contributed by atoms with Gasteiger partial charge in [-0.25, -0.2) is 24.7 Å². The highest BCUT2D eigenvalue weighted by Gasteiger charge is 2.23. The number of rotatable bonds is 7. The van der Waals surface area contributed by atoms with E-state index in [0.717, 1.165) is 58.4 Å². The number of anilines is 3. The molecular weight excluding hydrogens is 502 g/mol. The second-order valence-electron chi connectivity index (χ2n) is 9.25. The molecule has 3 aromatic heterocycles. The molecule has 2 aliphatic rings. The molecule has 1 aromatic carbocycles. The second-order valence-corrected chi connectivity index (χ2v) is 10.4. The molecule has 196 valence electrons. The molecule has 1 fully saturated rings. The largest absolute Gasteiger partial charge is 0.462 e. The predicted octanol–water partition coefficient (Wildman–Crippen LogP) is 3.77. The number of morpholine rings is 1. The number of hydrogen-bond acceptors (Lipinski definition) is 11. The van der Waals surface area contributed by atoms with Crippen LogP contribution in [-0.2, 0) is 22.4 Å². The number of carbonyl (C=O) groups is 1. The van der Waals surface area contributed by atoms with E-state index in [0.29, 0.717) is 37.9 Å². The number of fused-ring (bicyclic) bond motifs is 2. The van der Waals surface area contributed by atoms with Gasteiger partial charge in [-0.2, -0.15) is 0 Å². The minimum atomic E-state index is -0.420. The molecular formula is C27H29N7O3S. The van der Waals surface area contributed by atoms with Crippen molar-refractivity contribution in [3.63, 3.8) is 0 Å². The SMILES string of the molecule is CCOC(=O)c1cnc(N(C)Cc2cc3nc(-c4cccc5c4CCN5)nc(N4CCOCC4)c3s2)nc1. The third kappa shape index (κ3) is 4.74. The number of ether oxygens (including phenoxy) is 2. The van der Waals surface area contributed by atoms with E-state index in [4.69, 9.17) is 19.4 Å². The first-order chi connectivity index (χ1) is 18.6. The van der Waals surface area contributed by atoms with E-state index in [2.05, 4.69) is 44.5 Å². The van der Waals surface area contributed by atoms with Crippen LogP contribution in [0.25, 0.3) is 21.6 Å². The summed E-state index contributed by atoms with van der Waals surface area (Å²) in [5.74, 6) is 1.83. The Bertz CT molecular complexity index is 1470. The summed E-state index contributed by atoms with van der Waals surface area (Å²) in [6.07, 6.45) is 3.97. The van der Waals surface area contributed by atoms with Crippen molar-refractivity contribution in [2.24, 2.45) is 0 Å². The van der Waals surface area contributed by atoms with Crippen LogP contribution in [0.3, 0.4) is 0 Å². The van der Waals surface area contributed by atoms with Crippen LogP contribution in [0.2, 0.25) is 0 Å². The number of nitrogens with zero attached hydrogens (tertiary/aromatic N) is 6. The minimum Gasteiger partial charge on any atom is -0.462 e. The third-order valence-electron chi connectivity index (χ3n) is 6.71. The van der Waals surface area contributed by atoms with Gasteiger partial charge >= 0.3 is 5.97 Å². The van der Waals surface area contributed by atoms with Gasteiger partial charge in [-0.1, -0.05) is 12.1 Å². The molecule has 0 bridgehead atoms. The molecule has 0 amide bonds. The van der Waals surface area contributed by atoms with Crippen LogP contribution in [0.4, 0.5) is 17.5 Å². The molecule has 11 heteroatoms. The topological polar surface area (TPSA) is 106 Å². The molecule has 2 aliphatic heterocycles. The van der Waals surface area contributed by atoms with Gasteiger partial charge in [0, 0.05) is 55.2 Å². The molecule has 0 aliphatic carbocycles. The van der Waals surface area contributed by atoms with E-state index >= 15 is 0 Å². The molecule has 0 spiro atoms. The number of hydrogen-bond donors (Lipinski definition) is 1. The average molecular weight is 532 g/mol. The second kappa shape index (κ2) is 10.5. The van der Waals surface area contributed by atoms with Crippen LogP contribution < -0.4 is 15.1 Å². The Kier molecular flexibility index (Phi) is 6.77. The maximum atomic E-state index is 11.9. The zero-order chi connectivity index (χ0) is 26.1. The molecule has 10 nitrogen and oxygen atoms in total. The van der Waals surface area contributed by atoms with Crippen molar-refractivity contribution in [1.82, 2.24) is 19.9 Å². The smallest absolute Gasteiger partial charge is 0.341 e. The highest BCUT2D eigenvalue weighted by Crippen LogP contribution is 2.37. The van der Waals surface area contributed by atoms with Crippen molar-refractivity contribution in [3.8, 4) is 11.4 Å². The molecule has 6 rings (SSSR count). The Balaban J connectivity index is 1.33. The number of esters is 1. The van der Waals surface area contributed by atoms with Crippen LogP contribution in [0.5, 0.6) is 0 Å². The van der Waals surface area contributed by atoms with E-state index in [1.54, 1.807) is 18.3 Å². The highest BCUT2D eigenvalue weighted by atomic mass is 32.1. The van der Waals surface area contributed by atoms with Crippen molar-refractivity contribution in [3.05, 3.63) is 52.7 Å². The van der Waals surface area contributed by atoms with Gasteiger partial charge in [0.2, 0.25) is 5.95 Å². The summed E-state index contributed by atoms with van der Waals surface area (Å²) in [6, 6.07) is 8.44. The van der Waals surface area contributed by atoms with Gasteiger partial charge in [0.25, 0.3) is 0 Å². The quantitative estimate of drug-likeness (QED) is 0.354. The maximum Gasteiger partial charge on any atom is 0.341 e. The third-order valence-corrected chi connectivity index (χ3v) is 7.81. The fraction of sp³-hybridized carbons (Fsp3) is 0.370. The van der Waals surface area contributed by atoms with Gasteiger partial charge < -0.3 is 24.6 Å². The van der Waals surface area contributed by atoms with Crippen molar-refractivity contribution in [2.45, 2.75) is 19.9 Å². The lowest BCUT2D eigenvalue weighted by molar-refractivity contribution is 0.0525. The van der Waals surface area contributed by atoms with Crippen LogP contribution in [0, 0.1) is 0 Å². The molecule has 5 heterocycles. The number of benzene rings is 1. The Morgan fingerprint density at radius 1 is 1.21 bits per heavy atom. The standard InChI is InChI=1S/C27H29N7O3S/c1-3-37-26(35)17-14-29-27(30-15-17)33(2)16-18-13-22-23(38-18)25(34-9-11-36-12-10-34)32-24(31-22)20-5-4-6-21-19(20)7-8-28-21/h4-6,13-15,28H,3,7-12,16H2,1-2H3. The predicted molar refractivity (Wildman–Crippen MR) is 148 cm³/mol. The highest BCUT2D eigenvalue weighted by molar-refractivity contribution is 7.19. The Morgan fingerprint density at radius 2 is 2.03 bits per heavy atom. The summed E-state index contributed by atoms with van der Waals surface area (Å²) in [4.78, 5) is 36.2. The van der Waals surface area contributed by atoms with Gasteiger partial charge in [0.05, 0.1) is 42.1 Å². The van der Waals surface area contributed by atoms with E-state index in [1.165, 1.54) is 23.6 Å². The maximum absolute atomic E-state index is 11.9. The lowest BCUT2D eigenvalue weighted by Gasteiger charge is -2.28. The van der Waals surface area contributed by atoms with Gasteiger partial charge in [0.1, 0.15) is 0 Å². The summed E-state index contributed by atoms with van der Waals surface area (Å²) in [5.41, 5.74) is 4.81. The molecule has 0 saturated carbocycles. The van der Waals surface area contributed by atoms with Gasteiger partial charge in [-0.05, 0) is 31.0 Å². The summed E-state index contributed by atoms with van der Waals surface area (Å²) in [6.45, 7) is 6.59. The summed E-state index contributed by atoms with van der Waals surface area (Å²) in [5, 5.41) is 3.46. The van der Waals surface area contributed by atoms with Crippen LogP contribution in [-0.4, -0.2) is 72.4 Å². The molecule has 1 saturated heterocycles. The Morgan fingerprint density at radius 3 is 2.82 bits per heavy atom. The molecule has 1 N–H and O–H groups in total. The number of thiophene rings is 1. The number of aromatic nitrogens is 4. The van der Waals surface area contributed by atoms with E-state index in [9.17, 15) is 4.79 Å². The number of nitrogens with one attached hydrogen (secondary N) is 1. The van der Waals surface area contributed by atoms with E-state index in [1.807, 2.05) is 11.9 Å². The minimum absolute atomic E-state index is 0.313. The summed E-state index contributed by atoms with van der Waals surface area (Å²) < 4.78 is 11.7. The van der Waals surface area contributed by atoms with Crippen LogP contribution >= 0.6 is 11.3 Å². The van der Waals surface area contributed by atoms with Crippen molar-refractivity contribution in [2.75, 3.05) is 61.6 Å². The van der Waals surface area contributed by atoms with E-state index in [-0.39, 0.29) is 0 Å². The van der Waals surface area contributed by atoms with Crippen LogP contribution in [0.15, 0.2) is 36.7 Å². The van der Waals surface area contributed by atoms with Crippen molar-refractivity contribution < 1.29 is 14.3 Å². The van der Waals surface area contributed by atoms with Gasteiger partial charge in [-0.3, -0.25) is 0 Å². The Labute approximate surface area is 224 Å². The molecule has 38 heavy (non-hydrogen) atoms. The first-order valence-electron chi connectivity index (χ1n) is 12.8. The first kappa shape index (κ1) is 24.5. The van der Waals surface area contributed by atoms with Gasteiger partial charge in [-0.15, -0.1) is 11.3 Å². The van der Waals surface area contributed by atoms with Gasteiger partial charge in [0.15, 0.2) is 11.6 Å². The Hall–Kier alpha value is -3.83. The zero-order valence-electron chi connectivity index (χ0n) is 21.4. The summed E-state index contributed by atoms with van der Waals surface area (Å²) in [7, 11) is 1.93. The first-order valence-corrected chi connectivity index (χ1v) is 13.6.